The lowest BCUT2D eigenvalue weighted by molar-refractivity contribution is -0.00887. The van der Waals surface area contributed by atoms with Gasteiger partial charge in [0.25, 0.3) is 0 Å². The molecule has 2 heterocycles. The van der Waals surface area contributed by atoms with Crippen molar-refractivity contribution in [2.45, 2.75) is 37.8 Å². The summed E-state index contributed by atoms with van der Waals surface area (Å²) >= 11 is 6.07. The molecule has 5 heteroatoms. The number of hydrogen-bond acceptors (Lipinski definition) is 4. The van der Waals surface area contributed by atoms with Gasteiger partial charge in [0.2, 0.25) is 0 Å². The summed E-state index contributed by atoms with van der Waals surface area (Å²) in [6.07, 6.45) is 6.89. The molecule has 4 nitrogen and oxygen atoms in total. The highest BCUT2D eigenvalue weighted by Gasteiger charge is 2.35. The second-order valence-electron chi connectivity index (χ2n) is 5.81. The number of fused-ring (bicyclic) bond motifs is 2. The Morgan fingerprint density at radius 1 is 1.19 bits per heavy atom. The fourth-order valence-corrected chi connectivity index (χ4v) is 3.77. The first kappa shape index (κ1) is 13.3. The third-order valence-electron chi connectivity index (χ3n) is 4.58. The van der Waals surface area contributed by atoms with Crippen molar-refractivity contribution < 1.29 is 4.74 Å². The van der Waals surface area contributed by atoms with E-state index in [2.05, 4.69) is 14.9 Å². The van der Waals surface area contributed by atoms with Crippen molar-refractivity contribution in [3.05, 3.63) is 29.5 Å². The molecular formula is C16H18ClN3O. The van der Waals surface area contributed by atoms with Crippen LogP contribution in [0.2, 0.25) is 5.02 Å². The Balaban J connectivity index is 1.78. The molecule has 2 aromatic rings. The van der Waals surface area contributed by atoms with Crippen LogP contribution in [0.1, 0.15) is 25.7 Å². The second kappa shape index (κ2) is 5.43. The van der Waals surface area contributed by atoms with Gasteiger partial charge in [-0.3, -0.25) is 0 Å². The molecule has 1 aromatic carbocycles. The van der Waals surface area contributed by atoms with Gasteiger partial charge in [0.1, 0.15) is 12.1 Å². The SMILES string of the molecule is Clc1ccc2c(N3CCO[C@H]4CCCC[C@H]43)ncnc2c1. The van der Waals surface area contributed by atoms with Crippen molar-refractivity contribution >= 4 is 28.3 Å². The van der Waals surface area contributed by atoms with E-state index in [0.717, 1.165) is 36.3 Å². The minimum Gasteiger partial charge on any atom is -0.374 e. The summed E-state index contributed by atoms with van der Waals surface area (Å²) < 4.78 is 5.96. The molecule has 1 aliphatic heterocycles. The van der Waals surface area contributed by atoms with Crippen LogP contribution in [-0.4, -0.2) is 35.3 Å². The molecule has 1 saturated carbocycles. The van der Waals surface area contributed by atoms with Gasteiger partial charge in [0, 0.05) is 17.0 Å². The van der Waals surface area contributed by atoms with Crippen molar-refractivity contribution in [1.29, 1.82) is 0 Å². The molecule has 21 heavy (non-hydrogen) atoms. The lowest BCUT2D eigenvalue weighted by atomic mass is 9.90. The number of anilines is 1. The van der Waals surface area contributed by atoms with Crippen molar-refractivity contribution in [1.82, 2.24) is 9.97 Å². The van der Waals surface area contributed by atoms with Crippen molar-refractivity contribution in [2.24, 2.45) is 0 Å². The monoisotopic (exact) mass is 303 g/mol. The molecule has 1 aromatic heterocycles. The zero-order chi connectivity index (χ0) is 14.2. The average Bonchev–Trinajstić information content (AvgIpc) is 2.53. The molecule has 1 aliphatic carbocycles. The van der Waals surface area contributed by atoms with Gasteiger partial charge in [0.15, 0.2) is 0 Å². The summed E-state index contributed by atoms with van der Waals surface area (Å²) in [5.74, 6) is 1.02. The summed E-state index contributed by atoms with van der Waals surface area (Å²) in [7, 11) is 0. The van der Waals surface area contributed by atoms with Crippen LogP contribution in [0.3, 0.4) is 0 Å². The van der Waals surface area contributed by atoms with E-state index in [1.807, 2.05) is 18.2 Å². The van der Waals surface area contributed by atoms with E-state index >= 15 is 0 Å². The summed E-state index contributed by atoms with van der Waals surface area (Å²) in [5.41, 5.74) is 0.909. The summed E-state index contributed by atoms with van der Waals surface area (Å²) in [6.45, 7) is 1.68. The Morgan fingerprint density at radius 2 is 2.10 bits per heavy atom. The predicted octanol–water partition coefficient (Wildman–Crippen LogP) is 3.43. The van der Waals surface area contributed by atoms with Crippen LogP contribution in [0.5, 0.6) is 0 Å². The van der Waals surface area contributed by atoms with E-state index in [4.69, 9.17) is 16.3 Å². The Labute approximate surface area is 129 Å². The number of morpholine rings is 1. The smallest absolute Gasteiger partial charge is 0.140 e. The maximum atomic E-state index is 6.07. The predicted molar refractivity (Wildman–Crippen MR) is 83.9 cm³/mol. The lowest BCUT2D eigenvalue weighted by Gasteiger charge is -2.44. The zero-order valence-corrected chi connectivity index (χ0v) is 12.6. The summed E-state index contributed by atoms with van der Waals surface area (Å²) in [4.78, 5) is 11.3. The first-order valence-electron chi connectivity index (χ1n) is 7.61. The fraction of sp³-hybridized carbons (Fsp3) is 0.500. The van der Waals surface area contributed by atoms with E-state index in [0.29, 0.717) is 17.2 Å². The molecule has 4 rings (SSSR count). The first-order valence-corrected chi connectivity index (χ1v) is 7.99. The topological polar surface area (TPSA) is 38.2 Å². The molecule has 1 saturated heterocycles. The molecule has 2 atom stereocenters. The van der Waals surface area contributed by atoms with E-state index in [1.165, 1.54) is 19.3 Å². The molecule has 110 valence electrons. The van der Waals surface area contributed by atoms with Crippen LogP contribution in [-0.2, 0) is 4.74 Å². The summed E-state index contributed by atoms with van der Waals surface area (Å²) in [6, 6.07) is 6.29. The van der Waals surface area contributed by atoms with Gasteiger partial charge in [-0.1, -0.05) is 24.4 Å². The van der Waals surface area contributed by atoms with Crippen LogP contribution < -0.4 is 4.90 Å². The van der Waals surface area contributed by atoms with Gasteiger partial charge < -0.3 is 9.64 Å². The first-order chi connectivity index (χ1) is 10.3. The molecule has 0 radical (unpaired) electrons. The van der Waals surface area contributed by atoms with Gasteiger partial charge in [-0.2, -0.15) is 0 Å². The van der Waals surface area contributed by atoms with Gasteiger partial charge in [-0.25, -0.2) is 9.97 Å². The number of hydrogen-bond donors (Lipinski definition) is 0. The van der Waals surface area contributed by atoms with Crippen molar-refractivity contribution in [3.63, 3.8) is 0 Å². The maximum Gasteiger partial charge on any atom is 0.140 e. The van der Waals surface area contributed by atoms with Crippen LogP contribution >= 0.6 is 11.6 Å². The molecule has 2 fully saturated rings. The molecule has 2 aliphatic rings. The van der Waals surface area contributed by atoms with Gasteiger partial charge in [-0.05, 0) is 31.0 Å². The van der Waals surface area contributed by atoms with Crippen LogP contribution in [0.15, 0.2) is 24.5 Å². The molecule has 0 unspecified atom stereocenters. The minimum atomic E-state index is 0.352. The number of aromatic nitrogens is 2. The normalized spacial score (nSPS) is 25.9. The van der Waals surface area contributed by atoms with Crippen LogP contribution in [0, 0.1) is 0 Å². The van der Waals surface area contributed by atoms with Crippen molar-refractivity contribution in [2.75, 3.05) is 18.1 Å². The Hall–Kier alpha value is -1.39. The quantitative estimate of drug-likeness (QED) is 0.809. The zero-order valence-electron chi connectivity index (χ0n) is 11.8. The minimum absolute atomic E-state index is 0.352. The van der Waals surface area contributed by atoms with E-state index in [1.54, 1.807) is 6.33 Å². The van der Waals surface area contributed by atoms with Gasteiger partial charge in [-0.15, -0.1) is 0 Å². The van der Waals surface area contributed by atoms with E-state index < -0.39 is 0 Å². The highest BCUT2D eigenvalue weighted by molar-refractivity contribution is 6.31. The number of rotatable bonds is 1. The third-order valence-corrected chi connectivity index (χ3v) is 4.82. The van der Waals surface area contributed by atoms with E-state index in [-0.39, 0.29) is 0 Å². The highest BCUT2D eigenvalue weighted by Crippen LogP contribution is 2.34. The number of halogens is 1. The van der Waals surface area contributed by atoms with E-state index in [9.17, 15) is 0 Å². The van der Waals surface area contributed by atoms with Gasteiger partial charge >= 0.3 is 0 Å². The number of ether oxygens (including phenoxy) is 1. The molecule has 0 bridgehead atoms. The van der Waals surface area contributed by atoms with Gasteiger partial charge in [0.05, 0.1) is 24.3 Å². The number of benzene rings is 1. The van der Waals surface area contributed by atoms with Crippen LogP contribution in [0.25, 0.3) is 10.9 Å². The van der Waals surface area contributed by atoms with Crippen molar-refractivity contribution in [3.8, 4) is 0 Å². The third kappa shape index (κ3) is 2.36. The Kier molecular flexibility index (Phi) is 3.43. The molecule has 0 amide bonds. The standard InChI is InChI=1S/C16H18ClN3O/c17-11-5-6-12-13(9-11)18-10-19-16(12)20-7-8-21-15-4-2-1-3-14(15)20/h5-6,9-10,14-15H,1-4,7-8H2/t14-,15+/m1/s1. The maximum absolute atomic E-state index is 6.07. The molecule has 0 spiro atoms. The highest BCUT2D eigenvalue weighted by atomic mass is 35.5. The summed E-state index contributed by atoms with van der Waals surface area (Å²) in [5, 5.41) is 1.79. The molecule has 0 N–H and O–H groups in total. The second-order valence-corrected chi connectivity index (χ2v) is 6.25. The Morgan fingerprint density at radius 3 is 3.05 bits per heavy atom. The van der Waals surface area contributed by atoms with Crippen LogP contribution in [0.4, 0.5) is 5.82 Å². The fourth-order valence-electron chi connectivity index (χ4n) is 3.60. The molecular weight excluding hydrogens is 286 g/mol. The lowest BCUT2D eigenvalue weighted by Crippen LogP contribution is -2.53. The number of nitrogens with zero attached hydrogens (tertiary/aromatic N) is 3. The largest absolute Gasteiger partial charge is 0.374 e. The average molecular weight is 304 g/mol. The Bertz CT molecular complexity index is 661.